The Morgan fingerprint density at radius 1 is 1.19 bits per heavy atom. The summed E-state index contributed by atoms with van der Waals surface area (Å²) in [6, 6.07) is 0. The lowest BCUT2D eigenvalue weighted by Gasteiger charge is -2.19. The second-order valence-electron chi connectivity index (χ2n) is 5.97. The Morgan fingerprint density at radius 3 is 2.67 bits per heavy atom. The zero-order valence-corrected chi connectivity index (χ0v) is 13.8. The molecule has 1 fully saturated rings. The SMILES string of the molecule is CCCNc1nc(N(C)C)nc(N2CCC(CCC)C2)n1. The van der Waals surface area contributed by atoms with Gasteiger partial charge in [-0.05, 0) is 25.2 Å². The molecule has 0 saturated carbocycles. The average molecular weight is 292 g/mol. The Morgan fingerprint density at radius 2 is 2.00 bits per heavy atom. The summed E-state index contributed by atoms with van der Waals surface area (Å²) in [4.78, 5) is 17.9. The molecular weight excluding hydrogens is 264 g/mol. The monoisotopic (exact) mass is 292 g/mol. The van der Waals surface area contributed by atoms with E-state index in [0.29, 0.717) is 5.95 Å². The van der Waals surface area contributed by atoms with Gasteiger partial charge in [-0.2, -0.15) is 15.0 Å². The van der Waals surface area contributed by atoms with Crippen LogP contribution in [0.1, 0.15) is 39.5 Å². The Hall–Kier alpha value is -1.59. The Labute approximate surface area is 128 Å². The molecule has 1 atom stereocenters. The van der Waals surface area contributed by atoms with Gasteiger partial charge in [0.05, 0.1) is 0 Å². The van der Waals surface area contributed by atoms with E-state index in [1.807, 2.05) is 19.0 Å². The van der Waals surface area contributed by atoms with Gasteiger partial charge in [-0.3, -0.25) is 0 Å². The molecule has 118 valence electrons. The van der Waals surface area contributed by atoms with Crippen LogP contribution in [0.15, 0.2) is 0 Å². The van der Waals surface area contributed by atoms with Crippen LogP contribution in [0.5, 0.6) is 0 Å². The van der Waals surface area contributed by atoms with E-state index in [0.717, 1.165) is 43.9 Å². The molecule has 1 aliphatic rings. The highest BCUT2D eigenvalue weighted by atomic mass is 15.4. The van der Waals surface area contributed by atoms with Gasteiger partial charge in [0, 0.05) is 33.7 Å². The summed E-state index contributed by atoms with van der Waals surface area (Å²) in [5.41, 5.74) is 0. The molecule has 2 rings (SSSR count). The molecule has 1 unspecified atom stereocenters. The first-order chi connectivity index (χ1) is 10.1. The first kappa shape index (κ1) is 15.8. The van der Waals surface area contributed by atoms with E-state index in [4.69, 9.17) is 0 Å². The van der Waals surface area contributed by atoms with Gasteiger partial charge in [0.15, 0.2) is 0 Å². The summed E-state index contributed by atoms with van der Waals surface area (Å²) in [5, 5.41) is 3.27. The predicted octanol–water partition coefficient (Wildman–Crippen LogP) is 2.39. The van der Waals surface area contributed by atoms with Gasteiger partial charge in [0.2, 0.25) is 17.8 Å². The van der Waals surface area contributed by atoms with Gasteiger partial charge in [-0.1, -0.05) is 20.3 Å². The molecule has 6 heteroatoms. The molecule has 1 N–H and O–H groups in total. The average Bonchev–Trinajstić information content (AvgIpc) is 2.94. The number of aromatic nitrogens is 3. The predicted molar refractivity (Wildman–Crippen MR) is 88.2 cm³/mol. The summed E-state index contributed by atoms with van der Waals surface area (Å²) in [5.74, 6) is 2.99. The largest absolute Gasteiger partial charge is 0.354 e. The minimum atomic E-state index is 0.685. The van der Waals surface area contributed by atoms with Gasteiger partial charge in [0.1, 0.15) is 0 Å². The first-order valence-corrected chi connectivity index (χ1v) is 8.06. The molecule has 21 heavy (non-hydrogen) atoms. The van der Waals surface area contributed by atoms with Gasteiger partial charge in [0.25, 0.3) is 0 Å². The maximum Gasteiger partial charge on any atom is 0.231 e. The first-order valence-electron chi connectivity index (χ1n) is 8.06. The van der Waals surface area contributed by atoms with Crippen LogP contribution < -0.4 is 15.1 Å². The van der Waals surface area contributed by atoms with Crippen molar-refractivity contribution in [3.05, 3.63) is 0 Å². The minimum Gasteiger partial charge on any atom is -0.354 e. The number of hydrogen-bond acceptors (Lipinski definition) is 6. The highest BCUT2D eigenvalue weighted by Crippen LogP contribution is 2.25. The van der Waals surface area contributed by atoms with Crippen LogP contribution in [0, 0.1) is 5.92 Å². The molecule has 1 aliphatic heterocycles. The maximum atomic E-state index is 4.61. The van der Waals surface area contributed by atoms with Crippen molar-refractivity contribution in [2.45, 2.75) is 39.5 Å². The Balaban J connectivity index is 2.16. The summed E-state index contributed by atoms with van der Waals surface area (Å²) in [6.07, 6.45) is 4.85. The van der Waals surface area contributed by atoms with Crippen LogP contribution in [0.3, 0.4) is 0 Å². The molecule has 1 aromatic rings. The molecule has 6 nitrogen and oxygen atoms in total. The summed E-state index contributed by atoms with van der Waals surface area (Å²) < 4.78 is 0. The fourth-order valence-electron chi connectivity index (χ4n) is 2.67. The summed E-state index contributed by atoms with van der Waals surface area (Å²) >= 11 is 0. The van der Waals surface area contributed by atoms with E-state index >= 15 is 0 Å². The van der Waals surface area contributed by atoms with Crippen LogP contribution in [-0.4, -0.2) is 48.7 Å². The fourth-order valence-corrected chi connectivity index (χ4v) is 2.67. The van der Waals surface area contributed by atoms with E-state index < -0.39 is 0 Å². The van der Waals surface area contributed by atoms with E-state index in [1.54, 1.807) is 0 Å². The highest BCUT2D eigenvalue weighted by molar-refractivity contribution is 5.45. The molecule has 2 heterocycles. The third-order valence-electron chi connectivity index (χ3n) is 3.81. The molecule has 1 saturated heterocycles. The topological polar surface area (TPSA) is 57.2 Å². The van der Waals surface area contributed by atoms with Crippen molar-refractivity contribution in [2.24, 2.45) is 5.92 Å². The summed E-state index contributed by atoms with van der Waals surface area (Å²) in [6.45, 7) is 7.39. The van der Waals surface area contributed by atoms with Crippen molar-refractivity contribution < 1.29 is 0 Å². The fraction of sp³-hybridized carbons (Fsp3) is 0.800. The number of rotatable bonds is 7. The van der Waals surface area contributed by atoms with Crippen LogP contribution in [0.25, 0.3) is 0 Å². The Kier molecular flexibility index (Phi) is 5.59. The lowest BCUT2D eigenvalue weighted by Crippen LogP contribution is -2.25. The molecule has 0 aromatic carbocycles. The third-order valence-corrected chi connectivity index (χ3v) is 3.81. The lowest BCUT2D eigenvalue weighted by molar-refractivity contribution is 0.529. The zero-order valence-electron chi connectivity index (χ0n) is 13.8. The number of anilines is 3. The molecular formula is C15H28N6. The standard InChI is InChI=1S/C15H28N6/c1-5-7-12-8-10-21(11-12)15-18-13(16-9-6-2)17-14(19-15)20(3)4/h12H,5-11H2,1-4H3,(H,16,17,18,19). The Bertz CT molecular complexity index is 448. The van der Waals surface area contributed by atoms with Gasteiger partial charge < -0.3 is 15.1 Å². The van der Waals surface area contributed by atoms with Crippen LogP contribution in [0.2, 0.25) is 0 Å². The van der Waals surface area contributed by atoms with Gasteiger partial charge in [-0.25, -0.2) is 0 Å². The molecule has 0 spiro atoms. The van der Waals surface area contributed by atoms with Gasteiger partial charge in [-0.15, -0.1) is 0 Å². The van der Waals surface area contributed by atoms with Crippen LogP contribution in [-0.2, 0) is 0 Å². The van der Waals surface area contributed by atoms with Gasteiger partial charge >= 0.3 is 0 Å². The molecule has 1 aromatic heterocycles. The second-order valence-corrected chi connectivity index (χ2v) is 5.97. The molecule has 0 bridgehead atoms. The van der Waals surface area contributed by atoms with E-state index in [2.05, 4.69) is 39.0 Å². The third kappa shape index (κ3) is 4.19. The smallest absolute Gasteiger partial charge is 0.231 e. The number of hydrogen-bond donors (Lipinski definition) is 1. The van der Waals surface area contributed by atoms with Crippen molar-refractivity contribution in [3.63, 3.8) is 0 Å². The van der Waals surface area contributed by atoms with Crippen molar-refractivity contribution >= 4 is 17.8 Å². The summed E-state index contributed by atoms with van der Waals surface area (Å²) in [7, 11) is 3.93. The van der Waals surface area contributed by atoms with Crippen LogP contribution >= 0.6 is 0 Å². The van der Waals surface area contributed by atoms with E-state index in [-0.39, 0.29) is 0 Å². The van der Waals surface area contributed by atoms with Crippen molar-refractivity contribution in [2.75, 3.05) is 48.8 Å². The second kappa shape index (κ2) is 7.43. The van der Waals surface area contributed by atoms with Crippen LogP contribution in [0.4, 0.5) is 17.8 Å². The number of nitrogens with zero attached hydrogens (tertiary/aromatic N) is 5. The van der Waals surface area contributed by atoms with Crippen molar-refractivity contribution in [1.82, 2.24) is 15.0 Å². The normalized spacial score (nSPS) is 18.1. The van der Waals surface area contributed by atoms with E-state index in [1.165, 1.54) is 19.3 Å². The maximum absolute atomic E-state index is 4.61. The van der Waals surface area contributed by atoms with E-state index in [9.17, 15) is 0 Å². The van der Waals surface area contributed by atoms with Crippen molar-refractivity contribution in [3.8, 4) is 0 Å². The molecule has 0 radical (unpaired) electrons. The minimum absolute atomic E-state index is 0.685. The lowest BCUT2D eigenvalue weighted by atomic mass is 10.0. The number of nitrogens with one attached hydrogen (secondary N) is 1. The quantitative estimate of drug-likeness (QED) is 0.833. The molecule has 0 aliphatic carbocycles. The molecule has 0 amide bonds. The van der Waals surface area contributed by atoms with Crippen molar-refractivity contribution in [1.29, 1.82) is 0 Å². The highest BCUT2D eigenvalue weighted by Gasteiger charge is 2.24. The zero-order chi connectivity index (χ0) is 15.2.